The molecule has 2 heterocycles. The quantitative estimate of drug-likeness (QED) is 0.686. The molecule has 4 N–H and O–H groups in total. The summed E-state index contributed by atoms with van der Waals surface area (Å²) in [6.07, 6.45) is -4.03. The molecule has 0 atom stereocenters. The van der Waals surface area contributed by atoms with Gasteiger partial charge in [-0.25, -0.2) is 0 Å². The molecular formula is C20H22F3N3O2S. The molecule has 0 spiro atoms. The Morgan fingerprint density at radius 1 is 1.21 bits per heavy atom. The highest BCUT2D eigenvalue weighted by Crippen LogP contribution is 2.45. The van der Waals surface area contributed by atoms with E-state index >= 15 is 0 Å². The Bertz CT molecular complexity index is 993. The molecule has 0 fully saturated rings. The number of fused-ring (bicyclic) bond motifs is 1. The molecule has 156 valence electrons. The Balaban J connectivity index is 2.02. The second kappa shape index (κ2) is 6.84. The Morgan fingerprint density at radius 3 is 2.45 bits per heavy atom. The van der Waals surface area contributed by atoms with Crippen molar-refractivity contribution in [1.29, 1.82) is 0 Å². The highest BCUT2D eigenvalue weighted by molar-refractivity contribution is 7.17. The summed E-state index contributed by atoms with van der Waals surface area (Å²) in [5.74, 6) is -1.42. The number of nitrogens with two attached hydrogens (primary N) is 1. The summed E-state index contributed by atoms with van der Waals surface area (Å²) in [5, 5.41) is 6.34. The lowest BCUT2D eigenvalue weighted by Crippen LogP contribution is -2.55. The Labute approximate surface area is 170 Å². The minimum atomic E-state index is -4.56. The number of carbonyl (C=O) groups excluding carboxylic acids is 2. The van der Waals surface area contributed by atoms with E-state index in [0.29, 0.717) is 6.42 Å². The van der Waals surface area contributed by atoms with E-state index in [0.717, 1.165) is 22.6 Å². The van der Waals surface area contributed by atoms with Gasteiger partial charge in [-0.3, -0.25) is 9.59 Å². The predicted molar refractivity (Wildman–Crippen MR) is 106 cm³/mol. The minimum absolute atomic E-state index is 0.153. The fraction of sp³-hybridized carbons (Fsp3) is 0.400. The number of anilines is 1. The molecular weight excluding hydrogens is 403 g/mol. The van der Waals surface area contributed by atoms with Crippen molar-refractivity contribution >= 4 is 28.2 Å². The van der Waals surface area contributed by atoms with Gasteiger partial charge in [-0.05, 0) is 57.9 Å². The van der Waals surface area contributed by atoms with Gasteiger partial charge in [0, 0.05) is 21.5 Å². The van der Waals surface area contributed by atoms with Crippen molar-refractivity contribution in [2.45, 2.75) is 51.4 Å². The Hall–Kier alpha value is -2.39. The van der Waals surface area contributed by atoms with E-state index in [1.807, 2.05) is 27.7 Å². The molecule has 2 amide bonds. The maximum Gasteiger partial charge on any atom is 0.416 e. The van der Waals surface area contributed by atoms with Gasteiger partial charge in [0.05, 0.1) is 11.1 Å². The van der Waals surface area contributed by atoms with E-state index in [1.54, 1.807) is 0 Å². The van der Waals surface area contributed by atoms with Gasteiger partial charge in [-0.1, -0.05) is 6.07 Å². The lowest BCUT2D eigenvalue weighted by Gasteiger charge is -2.42. The summed E-state index contributed by atoms with van der Waals surface area (Å²) in [4.78, 5) is 25.7. The smallest absolute Gasteiger partial charge is 0.365 e. The fourth-order valence-electron chi connectivity index (χ4n) is 3.89. The van der Waals surface area contributed by atoms with Crippen molar-refractivity contribution < 1.29 is 22.8 Å². The van der Waals surface area contributed by atoms with Crippen LogP contribution in [0.3, 0.4) is 0 Å². The molecule has 29 heavy (non-hydrogen) atoms. The molecule has 0 radical (unpaired) electrons. The van der Waals surface area contributed by atoms with Crippen molar-refractivity contribution in [1.82, 2.24) is 5.32 Å². The molecule has 0 saturated heterocycles. The normalized spacial score (nSPS) is 17.5. The number of thiophene rings is 1. The van der Waals surface area contributed by atoms with Gasteiger partial charge in [0.25, 0.3) is 11.8 Å². The van der Waals surface area contributed by atoms with E-state index in [1.165, 1.54) is 23.5 Å². The fourth-order valence-corrected chi connectivity index (χ4v) is 5.17. The topological polar surface area (TPSA) is 84.2 Å². The molecule has 3 rings (SSSR count). The maximum absolute atomic E-state index is 12.9. The van der Waals surface area contributed by atoms with Crippen LogP contribution in [0.2, 0.25) is 0 Å². The van der Waals surface area contributed by atoms with Crippen LogP contribution in [0.15, 0.2) is 24.3 Å². The van der Waals surface area contributed by atoms with Crippen LogP contribution in [0.4, 0.5) is 18.2 Å². The highest BCUT2D eigenvalue weighted by Gasteiger charge is 2.41. The zero-order valence-electron chi connectivity index (χ0n) is 16.5. The molecule has 5 nitrogen and oxygen atoms in total. The number of amides is 2. The largest absolute Gasteiger partial charge is 0.416 e. The SMILES string of the molecule is CC1(C)Cc2c(sc(NC(=O)c3cccc(C(F)(F)F)c3)c2C(N)=O)C(C)(C)N1. The van der Waals surface area contributed by atoms with Crippen LogP contribution in [0, 0.1) is 0 Å². The van der Waals surface area contributed by atoms with E-state index in [4.69, 9.17) is 5.73 Å². The van der Waals surface area contributed by atoms with Crippen molar-refractivity contribution in [2.24, 2.45) is 5.73 Å². The average molecular weight is 425 g/mol. The third-order valence-corrected chi connectivity index (χ3v) is 6.24. The number of rotatable bonds is 3. The first-order valence-corrected chi connectivity index (χ1v) is 9.77. The predicted octanol–water partition coefficient (Wildman–Crippen LogP) is 4.28. The van der Waals surface area contributed by atoms with Crippen LogP contribution in [0.25, 0.3) is 0 Å². The zero-order valence-corrected chi connectivity index (χ0v) is 17.3. The summed E-state index contributed by atoms with van der Waals surface area (Å²) < 4.78 is 38.8. The van der Waals surface area contributed by atoms with Gasteiger partial charge in [-0.2, -0.15) is 13.2 Å². The van der Waals surface area contributed by atoms with Gasteiger partial charge < -0.3 is 16.4 Å². The number of primary amides is 1. The van der Waals surface area contributed by atoms with Crippen molar-refractivity contribution in [3.8, 4) is 0 Å². The van der Waals surface area contributed by atoms with Crippen LogP contribution in [0.5, 0.6) is 0 Å². The number of carbonyl (C=O) groups is 2. The Kier molecular flexibility index (Phi) is 5.03. The minimum Gasteiger partial charge on any atom is -0.365 e. The first-order chi connectivity index (χ1) is 13.2. The van der Waals surface area contributed by atoms with Crippen molar-refractivity contribution in [3.05, 3.63) is 51.4 Å². The molecule has 0 unspecified atom stereocenters. The molecule has 1 aromatic carbocycles. The van der Waals surface area contributed by atoms with E-state index in [9.17, 15) is 22.8 Å². The molecule has 0 aliphatic carbocycles. The van der Waals surface area contributed by atoms with E-state index in [2.05, 4.69) is 10.6 Å². The molecule has 2 aromatic rings. The highest BCUT2D eigenvalue weighted by atomic mass is 32.1. The number of alkyl halides is 3. The maximum atomic E-state index is 12.9. The number of halogens is 3. The molecule has 0 bridgehead atoms. The van der Waals surface area contributed by atoms with Gasteiger partial charge in [0.2, 0.25) is 0 Å². The van der Waals surface area contributed by atoms with Gasteiger partial charge in [0.15, 0.2) is 0 Å². The van der Waals surface area contributed by atoms with Gasteiger partial charge >= 0.3 is 6.18 Å². The molecule has 9 heteroatoms. The standard InChI is InChI=1S/C20H22F3N3O2S/c1-18(2)9-12-13(15(24)27)17(29-14(12)19(3,4)26-18)25-16(28)10-6-5-7-11(8-10)20(21,22)23/h5-8,26H,9H2,1-4H3,(H2,24,27)(H,25,28). The Morgan fingerprint density at radius 2 is 1.86 bits per heavy atom. The van der Waals surface area contributed by atoms with Crippen LogP contribution in [-0.4, -0.2) is 17.4 Å². The molecule has 1 aliphatic heterocycles. The number of hydrogen-bond acceptors (Lipinski definition) is 4. The number of hydrogen-bond donors (Lipinski definition) is 3. The average Bonchev–Trinajstić information content (AvgIpc) is 2.91. The van der Waals surface area contributed by atoms with Gasteiger partial charge in [-0.15, -0.1) is 11.3 Å². The molecule has 1 aliphatic rings. The van der Waals surface area contributed by atoms with Crippen molar-refractivity contribution in [2.75, 3.05) is 5.32 Å². The van der Waals surface area contributed by atoms with Crippen LogP contribution >= 0.6 is 11.3 Å². The first kappa shape index (κ1) is 21.3. The van der Waals surface area contributed by atoms with Gasteiger partial charge in [0.1, 0.15) is 5.00 Å². The third-order valence-electron chi connectivity index (χ3n) is 4.77. The monoisotopic (exact) mass is 425 g/mol. The summed E-state index contributed by atoms with van der Waals surface area (Å²) in [5.41, 5.74) is 4.74. The first-order valence-electron chi connectivity index (χ1n) is 8.95. The third kappa shape index (κ3) is 4.16. The zero-order chi connectivity index (χ0) is 21.8. The summed E-state index contributed by atoms with van der Waals surface area (Å²) in [7, 11) is 0. The summed E-state index contributed by atoms with van der Waals surface area (Å²) >= 11 is 1.21. The number of benzene rings is 1. The summed E-state index contributed by atoms with van der Waals surface area (Å²) in [6.45, 7) is 7.93. The summed E-state index contributed by atoms with van der Waals surface area (Å²) in [6, 6.07) is 4.13. The lowest BCUT2D eigenvalue weighted by atomic mass is 9.81. The van der Waals surface area contributed by atoms with E-state index in [-0.39, 0.29) is 21.7 Å². The van der Waals surface area contributed by atoms with Crippen LogP contribution < -0.4 is 16.4 Å². The molecule has 1 aromatic heterocycles. The number of nitrogens with one attached hydrogen (secondary N) is 2. The second-order valence-electron chi connectivity index (χ2n) is 8.32. The lowest BCUT2D eigenvalue weighted by molar-refractivity contribution is -0.137. The second-order valence-corrected chi connectivity index (χ2v) is 9.34. The van der Waals surface area contributed by atoms with Crippen LogP contribution in [0.1, 0.15) is 64.4 Å². The van der Waals surface area contributed by atoms with Crippen LogP contribution in [-0.2, 0) is 18.1 Å². The van der Waals surface area contributed by atoms with E-state index < -0.39 is 29.1 Å². The molecule has 0 saturated carbocycles. The van der Waals surface area contributed by atoms with Crippen molar-refractivity contribution in [3.63, 3.8) is 0 Å².